The fraction of sp³-hybridized carbons (Fsp3) is 0.500. The Hall–Kier alpha value is -1.27. The summed E-state index contributed by atoms with van der Waals surface area (Å²) in [5.74, 6) is 1.30. The van der Waals surface area contributed by atoms with Crippen molar-refractivity contribution >= 4 is 21.4 Å². The van der Waals surface area contributed by atoms with Crippen molar-refractivity contribution < 1.29 is 8.42 Å². The maximum atomic E-state index is 11.1. The summed E-state index contributed by atoms with van der Waals surface area (Å²) < 4.78 is 24.6. The number of sulfonamides is 1. The number of hydrogen-bond donors (Lipinski definition) is 2. The summed E-state index contributed by atoms with van der Waals surface area (Å²) in [6.45, 7) is 2.04. The maximum Gasteiger partial charge on any atom is 0.229 e. The molecule has 1 aromatic rings. The quantitative estimate of drug-likeness (QED) is 0.834. The van der Waals surface area contributed by atoms with Crippen molar-refractivity contribution in [3.63, 3.8) is 0 Å². The first-order valence-corrected chi connectivity index (χ1v) is 7.91. The molecule has 98 valence electrons. The van der Waals surface area contributed by atoms with Crippen molar-refractivity contribution in [3.05, 3.63) is 24.3 Å². The van der Waals surface area contributed by atoms with Gasteiger partial charge < -0.3 is 10.6 Å². The van der Waals surface area contributed by atoms with Crippen molar-refractivity contribution in [3.8, 4) is 0 Å². The van der Waals surface area contributed by atoms with E-state index in [2.05, 4.69) is 9.62 Å². The van der Waals surface area contributed by atoms with Crippen LogP contribution in [0.3, 0.4) is 0 Å². The van der Waals surface area contributed by atoms with Crippen LogP contribution in [0.2, 0.25) is 0 Å². The molecule has 6 heteroatoms. The molecule has 18 heavy (non-hydrogen) atoms. The number of nitrogens with one attached hydrogen (secondary N) is 1. The highest BCUT2D eigenvalue weighted by Gasteiger charge is 2.53. The molecular weight excluding hydrogens is 250 g/mol. The van der Waals surface area contributed by atoms with E-state index in [0.717, 1.165) is 25.0 Å². The van der Waals surface area contributed by atoms with E-state index in [0.29, 0.717) is 23.6 Å². The number of benzene rings is 1. The van der Waals surface area contributed by atoms with E-state index in [1.54, 1.807) is 12.1 Å². The summed E-state index contributed by atoms with van der Waals surface area (Å²) in [7, 11) is -3.20. The zero-order valence-electron chi connectivity index (χ0n) is 10.2. The average Bonchev–Trinajstić information content (AvgIpc) is 2.75. The molecule has 0 radical (unpaired) electrons. The highest BCUT2D eigenvalue weighted by atomic mass is 32.2. The zero-order valence-corrected chi connectivity index (χ0v) is 11.0. The first kappa shape index (κ1) is 11.8. The molecule has 1 saturated heterocycles. The van der Waals surface area contributed by atoms with Crippen LogP contribution in [0.15, 0.2) is 24.3 Å². The number of piperidine rings is 1. The molecular formula is C12H17N3O2S. The van der Waals surface area contributed by atoms with Gasteiger partial charge in [-0.15, -0.1) is 0 Å². The minimum absolute atomic E-state index is 0.396. The van der Waals surface area contributed by atoms with Crippen LogP contribution < -0.4 is 15.4 Å². The van der Waals surface area contributed by atoms with E-state index >= 15 is 0 Å². The number of fused-ring (bicyclic) bond motifs is 1. The molecule has 1 aliphatic heterocycles. The van der Waals surface area contributed by atoms with Gasteiger partial charge in [0.05, 0.1) is 6.26 Å². The zero-order chi connectivity index (χ0) is 12.9. The van der Waals surface area contributed by atoms with Crippen LogP contribution in [-0.2, 0) is 10.0 Å². The van der Waals surface area contributed by atoms with Crippen LogP contribution in [0, 0.1) is 11.8 Å². The van der Waals surface area contributed by atoms with Crippen LogP contribution in [-0.4, -0.2) is 33.8 Å². The van der Waals surface area contributed by atoms with Crippen molar-refractivity contribution in [1.82, 2.24) is 0 Å². The Bertz CT molecular complexity index is 543. The van der Waals surface area contributed by atoms with Crippen LogP contribution in [0.5, 0.6) is 0 Å². The lowest BCUT2D eigenvalue weighted by atomic mass is 10.2. The Morgan fingerprint density at radius 3 is 2.28 bits per heavy atom. The summed E-state index contributed by atoms with van der Waals surface area (Å²) in [6, 6.07) is 7.88. The highest BCUT2D eigenvalue weighted by Crippen LogP contribution is 2.45. The van der Waals surface area contributed by atoms with Gasteiger partial charge in [-0.25, -0.2) is 8.42 Å². The Kier molecular flexibility index (Phi) is 2.53. The van der Waals surface area contributed by atoms with Gasteiger partial charge in [0, 0.05) is 30.5 Å². The van der Waals surface area contributed by atoms with Gasteiger partial charge in [-0.1, -0.05) is 0 Å². The van der Waals surface area contributed by atoms with Crippen LogP contribution in [0.4, 0.5) is 11.4 Å². The number of anilines is 2. The molecule has 1 heterocycles. The second-order valence-electron chi connectivity index (χ2n) is 5.23. The van der Waals surface area contributed by atoms with Gasteiger partial charge in [-0.3, -0.25) is 4.72 Å². The standard InChI is InChI=1S/C12H17N3O2S/c1-18(16,17)14-8-2-4-9(5-3-8)15-6-10-11(7-15)12(10)13/h2-5,10-12,14H,6-7,13H2,1H3. The third-order valence-electron chi connectivity index (χ3n) is 3.80. The molecule has 0 amide bonds. The number of rotatable bonds is 3. The number of nitrogens with two attached hydrogens (primary N) is 1. The van der Waals surface area contributed by atoms with E-state index in [1.165, 1.54) is 0 Å². The van der Waals surface area contributed by atoms with Crippen LogP contribution in [0.1, 0.15) is 0 Å². The molecule has 2 aliphatic rings. The summed E-state index contributed by atoms with van der Waals surface area (Å²) in [4.78, 5) is 2.31. The van der Waals surface area contributed by atoms with Gasteiger partial charge in [0.1, 0.15) is 0 Å². The van der Waals surface area contributed by atoms with Gasteiger partial charge in [0.2, 0.25) is 10.0 Å². The van der Waals surface area contributed by atoms with E-state index < -0.39 is 10.0 Å². The molecule has 2 unspecified atom stereocenters. The average molecular weight is 267 g/mol. The van der Waals surface area contributed by atoms with E-state index in [9.17, 15) is 8.42 Å². The molecule has 5 nitrogen and oxygen atoms in total. The molecule has 3 rings (SSSR count). The molecule has 3 N–H and O–H groups in total. The monoisotopic (exact) mass is 267 g/mol. The van der Waals surface area contributed by atoms with E-state index in [4.69, 9.17) is 5.73 Å². The third-order valence-corrected chi connectivity index (χ3v) is 4.40. The summed E-state index contributed by atoms with van der Waals surface area (Å²) in [5, 5.41) is 0. The minimum atomic E-state index is -3.20. The van der Waals surface area contributed by atoms with Gasteiger partial charge in [-0.05, 0) is 36.1 Å². The largest absolute Gasteiger partial charge is 0.371 e. The van der Waals surface area contributed by atoms with Gasteiger partial charge in [0.25, 0.3) is 0 Å². The molecule has 0 aromatic heterocycles. The minimum Gasteiger partial charge on any atom is -0.371 e. The topological polar surface area (TPSA) is 75.4 Å². The summed E-state index contributed by atoms with van der Waals surface area (Å²) >= 11 is 0. The maximum absolute atomic E-state index is 11.1. The van der Waals surface area contributed by atoms with Crippen LogP contribution >= 0.6 is 0 Å². The molecule has 0 spiro atoms. The Morgan fingerprint density at radius 1 is 1.22 bits per heavy atom. The Labute approximate surface area is 107 Å². The second-order valence-corrected chi connectivity index (χ2v) is 6.98. The Morgan fingerprint density at radius 2 is 1.78 bits per heavy atom. The fourth-order valence-electron chi connectivity index (χ4n) is 2.74. The van der Waals surface area contributed by atoms with Gasteiger partial charge in [0.15, 0.2) is 0 Å². The summed E-state index contributed by atoms with van der Waals surface area (Å²) in [5.41, 5.74) is 7.63. The molecule has 0 bridgehead atoms. The normalized spacial score (nSPS) is 30.1. The second kappa shape index (κ2) is 3.86. The SMILES string of the molecule is CS(=O)(=O)Nc1ccc(N2CC3C(N)C3C2)cc1. The first-order valence-electron chi connectivity index (χ1n) is 6.02. The van der Waals surface area contributed by atoms with E-state index in [-0.39, 0.29) is 0 Å². The number of nitrogens with zero attached hydrogens (tertiary/aromatic N) is 1. The first-order chi connectivity index (χ1) is 8.44. The molecule has 1 aromatic carbocycles. The smallest absolute Gasteiger partial charge is 0.229 e. The molecule has 2 fully saturated rings. The van der Waals surface area contributed by atoms with Gasteiger partial charge in [-0.2, -0.15) is 0 Å². The Balaban J connectivity index is 1.69. The third kappa shape index (κ3) is 2.18. The van der Waals surface area contributed by atoms with Crippen molar-refractivity contribution in [2.24, 2.45) is 17.6 Å². The predicted molar refractivity (Wildman–Crippen MR) is 72.1 cm³/mol. The highest BCUT2D eigenvalue weighted by molar-refractivity contribution is 7.92. The lowest BCUT2D eigenvalue weighted by Crippen LogP contribution is -2.27. The molecule has 1 saturated carbocycles. The number of hydrogen-bond acceptors (Lipinski definition) is 4. The van der Waals surface area contributed by atoms with Crippen molar-refractivity contribution in [2.75, 3.05) is 29.0 Å². The predicted octanol–water partition coefficient (Wildman–Crippen LogP) is 0.451. The van der Waals surface area contributed by atoms with Crippen molar-refractivity contribution in [2.45, 2.75) is 6.04 Å². The van der Waals surface area contributed by atoms with Crippen molar-refractivity contribution in [1.29, 1.82) is 0 Å². The molecule has 2 atom stereocenters. The lowest BCUT2D eigenvalue weighted by molar-refractivity contribution is 0.607. The lowest BCUT2D eigenvalue weighted by Gasteiger charge is -2.21. The van der Waals surface area contributed by atoms with E-state index in [1.807, 2.05) is 12.1 Å². The summed E-state index contributed by atoms with van der Waals surface area (Å²) in [6.07, 6.45) is 1.15. The van der Waals surface area contributed by atoms with Gasteiger partial charge >= 0.3 is 0 Å². The van der Waals surface area contributed by atoms with Crippen LogP contribution in [0.25, 0.3) is 0 Å². The molecule has 1 aliphatic carbocycles. The fourth-order valence-corrected chi connectivity index (χ4v) is 3.30.